The number of methoxy groups -OCH3 is 2. The fraction of sp³-hybridized carbons (Fsp3) is 0.457. The second kappa shape index (κ2) is 14.9. The molecule has 3 aliphatic heterocycles. The molecule has 1 aromatic heterocycles. The molecular weight excluding hydrogens is 596 g/mol. The summed E-state index contributed by atoms with van der Waals surface area (Å²) in [7, 11) is 7.32. The lowest BCUT2D eigenvalue weighted by atomic mass is 10.0. The Morgan fingerprint density at radius 3 is 2.34 bits per heavy atom. The average Bonchev–Trinajstić information content (AvgIpc) is 3.11. The van der Waals surface area contributed by atoms with Crippen LogP contribution >= 0.6 is 0 Å². The number of ether oxygens (including phenoxy) is 3. The van der Waals surface area contributed by atoms with Crippen LogP contribution in [0.15, 0.2) is 60.8 Å². The molecule has 0 bridgehead atoms. The number of fused-ring (bicyclic) bond motifs is 1. The highest BCUT2D eigenvalue weighted by Crippen LogP contribution is 2.36. The lowest BCUT2D eigenvalue weighted by Crippen LogP contribution is -2.52. The number of piperidine rings is 1. The van der Waals surface area contributed by atoms with Crippen molar-refractivity contribution in [2.24, 2.45) is 0 Å². The summed E-state index contributed by atoms with van der Waals surface area (Å²) in [6.07, 6.45) is 7.25. The molecule has 47 heavy (non-hydrogen) atoms. The number of likely N-dealkylation sites (tertiary alicyclic amines) is 1. The van der Waals surface area contributed by atoms with Gasteiger partial charge in [-0.1, -0.05) is 6.08 Å². The quantitative estimate of drug-likeness (QED) is 0.326. The molecule has 6 rings (SSSR count). The van der Waals surface area contributed by atoms with Gasteiger partial charge in [-0.15, -0.1) is 0 Å². The van der Waals surface area contributed by atoms with E-state index in [1.165, 1.54) is 5.69 Å². The van der Waals surface area contributed by atoms with E-state index in [0.717, 1.165) is 79.9 Å². The van der Waals surface area contributed by atoms with Crippen molar-refractivity contribution in [1.82, 2.24) is 19.8 Å². The molecule has 0 aliphatic carbocycles. The van der Waals surface area contributed by atoms with Crippen molar-refractivity contribution < 1.29 is 19.0 Å². The first-order valence-corrected chi connectivity index (χ1v) is 16.3. The van der Waals surface area contributed by atoms with E-state index in [4.69, 9.17) is 24.2 Å². The van der Waals surface area contributed by atoms with E-state index in [1.54, 1.807) is 20.3 Å². The molecular formula is C35H46N8O4. The minimum absolute atomic E-state index is 0.0721. The molecule has 0 unspecified atom stereocenters. The number of carbonyl (C=O) groups excluding carboxylic acids is 1. The molecule has 1 amide bonds. The van der Waals surface area contributed by atoms with Crippen LogP contribution in [-0.4, -0.2) is 113 Å². The van der Waals surface area contributed by atoms with Crippen LogP contribution in [0.4, 0.5) is 28.8 Å². The van der Waals surface area contributed by atoms with Crippen molar-refractivity contribution in [3.63, 3.8) is 0 Å². The first kappa shape index (κ1) is 32.4. The van der Waals surface area contributed by atoms with Crippen molar-refractivity contribution >= 4 is 34.7 Å². The summed E-state index contributed by atoms with van der Waals surface area (Å²) in [5.74, 6) is 3.03. The maximum atomic E-state index is 12.9. The van der Waals surface area contributed by atoms with Gasteiger partial charge in [0.25, 0.3) is 0 Å². The third-order valence-corrected chi connectivity index (χ3v) is 8.95. The SMILES string of the molecule is COc1cc(OC)cc(N2Cc3cnc(Nc4ccc(N5CCOCC5)cc4)nc3N(C3CCN(C(=O)/C=C/CN(C)C)CC3)C2)c1. The van der Waals surface area contributed by atoms with Crippen molar-refractivity contribution in [3.05, 3.63) is 66.4 Å². The minimum atomic E-state index is 0.0721. The molecule has 2 fully saturated rings. The van der Waals surface area contributed by atoms with Gasteiger partial charge in [-0.05, 0) is 51.2 Å². The Morgan fingerprint density at radius 1 is 0.979 bits per heavy atom. The zero-order valence-corrected chi connectivity index (χ0v) is 27.9. The van der Waals surface area contributed by atoms with Gasteiger partial charge >= 0.3 is 0 Å². The zero-order valence-electron chi connectivity index (χ0n) is 27.9. The molecule has 0 spiro atoms. The number of amides is 1. The standard InChI is InChI=1S/C35H46N8O4/c1-39(2)13-5-6-33(44)41-14-11-29(12-15-41)43-25-42(30-20-31(45-3)22-32(21-30)46-4)24-26-23-36-35(38-34(26)43)37-27-7-9-28(10-8-27)40-16-18-47-19-17-40/h5-10,20-23,29H,11-19,24-25H2,1-4H3,(H,36,37,38)/b6-5+. The largest absolute Gasteiger partial charge is 0.497 e. The number of nitrogens with zero attached hydrogens (tertiary/aromatic N) is 7. The zero-order chi connectivity index (χ0) is 32.8. The van der Waals surface area contributed by atoms with Crippen LogP contribution in [0.1, 0.15) is 18.4 Å². The van der Waals surface area contributed by atoms with Gasteiger partial charge in [0.05, 0.1) is 34.1 Å². The Labute approximate surface area is 277 Å². The highest BCUT2D eigenvalue weighted by Gasteiger charge is 2.33. The van der Waals surface area contributed by atoms with Crippen LogP contribution in [0.5, 0.6) is 11.5 Å². The van der Waals surface area contributed by atoms with Crippen LogP contribution in [0.25, 0.3) is 0 Å². The molecule has 12 nitrogen and oxygen atoms in total. The van der Waals surface area contributed by atoms with Gasteiger partial charge < -0.3 is 44.0 Å². The molecule has 1 N–H and O–H groups in total. The number of hydrogen-bond donors (Lipinski definition) is 1. The van der Waals surface area contributed by atoms with Gasteiger partial charge in [0.1, 0.15) is 17.3 Å². The lowest BCUT2D eigenvalue weighted by molar-refractivity contribution is -0.127. The molecule has 0 saturated carbocycles. The predicted octanol–water partition coefficient (Wildman–Crippen LogP) is 3.97. The maximum Gasteiger partial charge on any atom is 0.246 e. The van der Waals surface area contributed by atoms with E-state index in [9.17, 15) is 4.79 Å². The number of rotatable bonds is 10. The maximum absolute atomic E-state index is 12.9. The Bertz CT molecular complexity index is 1510. The topological polar surface area (TPSA) is 98.8 Å². The van der Waals surface area contributed by atoms with Crippen LogP contribution in [0.2, 0.25) is 0 Å². The Kier molecular flexibility index (Phi) is 10.3. The highest BCUT2D eigenvalue weighted by molar-refractivity contribution is 5.87. The number of morpholine rings is 1. The van der Waals surface area contributed by atoms with Gasteiger partial charge in [0.2, 0.25) is 11.9 Å². The van der Waals surface area contributed by atoms with Gasteiger partial charge in [-0.2, -0.15) is 4.98 Å². The molecule has 2 aromatic carbocycles. The van der Waals surface area contributed by atoms with Crippen LogP contribution in [-0.2, 0) is 16.1 Å². The number of hydrogen-bond acceptors (Lipinski definition) is 11. The molecule has 4 heterocycles. The molecule has 2 saturated heterocycles. The van der Waals surface area contributed by atoms with E-state index >= 15 is 0 Å². The van der Waals surface area contributed by atoms with E-state index in [1.807, 2.05) is 54.4 Å². The van der Waals surface area contributed by atoms with Crippen molar-refractivity contribution in [2.45, 2.75) is 25.4 Å². The summed E-state index contributed by atoms with van der Waals surface area (Å²) in [5.41, 5.74) is 4.15. The molecule has 250 valence electrons. The number of benzene rings is 2. The number of carbonyl (C=O) groups is 1. The number of anilines is 5. The smallest absolute Gasteiger partial charge is 0.246 e. The molecule has 0 radical (unpaired) electrons. The van der Waals surface area contributed by atoms with Crippen molar-refractivity contribution in [2.75, 3.05) is 101 Å². The van der Waals surface area contributed by atoms with Crippen LogP contribution < -0.4 is 29.5 Å². The Hall–Kier alpha value is -4.55. The molecule has 3 aliphatic rings. The van der Waals surface area contributed by atoms with Gasteiger partial charge in [-0.3, -0.25) is 4.79 Å². The molecule has 3 aromatic rings. The lowest BCUT2D eigenvalue weighted by Gasteiger charge is -2.45. The first-order valence-electron chi connectivity index (χ1n) is 16.3. The van der Waals surface area contributed by atoms with Gasteiger partial charge in [0.15, 0.2) is 0 Å². The van der Waals surface area contributed by atoms with Gasteiger partial charge in [-0.25, -0.2) is 4.98 Å². The number of aromatic nitrogens is 2. The van der Waals surface area contributed by atoms with Gasteiger partial charge in [0, 0.05) is 98.4 Å². The second-order valence-electron chi connectivity index (χ2n) is 12.4. The molecule has 0 atom stereocenters. The summed E-state index contributed by atoms with van der Waals surface area (Å²) >= 11 is 0. The van der Waals surface area contributed by atoms with E-state index in [-0.39, 0.29) is 11.9 Å². The summed E-state index contributed by atoms with van der Waals surface area (Å²) in [4.78, 5) is 33.7. The molecule has 12 heteroatoms. The number of likely N-dealkylation sites (N-methyl/N-ethyl adjacent to an activating group) is 1. The fourth-order valence-electron chi connectivity index (χ4n) is 6.33. The number of nitrogens with one attached hydrogen (secondary N) is 1. The average molecular weight is 643 g/mol. The van der Waals surface area contributed by atoms with Crippen molar-refractivity contribution in [1.29, 1.82) is 0 Å². The van der Waals surface area contributed by atoms with E-state index < -0.39 is 0 Å². The highest BCUT2D eigenvalue weighted by atomic mass is 16.5. The Balaban J connectivity index is 1.23. The summed E-state index contributed by atoms with van der Waals surface area (Å²) < 4.78 is 16.7. The predicted molar refractivity (Wildman–Crippen MR) is 185 cm³/mol. The fourth-order valence-corrected chi connectivity index (χ4v) is 6.33. The normalized spacial score (nSPS) is 17.3. The third-order valence-electron chi connectivity index (χ3n) is 8.95. The summed E-state index contributed by atoms with van der Waals surface area (Å²) in [5, 5.41) is 3.43. The minimum Gasteiger partial charge on any atom is -0.497 e. The summed E-state index contributed by atoms with van der Waals surface area (Å²) in [6, 6.07) is 14.6. The second-order valence-corrected chi connectivity index (χ2v) is 12.4. The van der Waals surface area contributed by atoms with Crippen LogP contribution in [0, 0.1) is 0 Å². The van der Waals surface area contributed by atoms with Crippen LogP contribution in [0.3, 0.4) is 0 Å². The monoisotopic (exact) mass is 642 g/mol. The first-order chi connectivity index (χ1) is 22.9. The van der Waals surface area contributed by atoms with E-state index in [2.05, 4.69) is 44.3 Å². The van der Waals surface area contributed by atoms with E-state index in [0.29, 0.717) is 32.3 Å². The Morgan fingerprint density at radius 2 is 1.68 bits per heavy atom. The third kappa shape index (κ3) is 7.88. The summed E-state index contributed by atoms with van der Waals surface area (Å²) in [6.45, 7) is 6.72. The van der Waals surface area contributed by atoms with Crippen molar-refractivity contribution in [3.8, 4) is 11.5 Å².